The Labute approximate surface area is 157 Å². The lowest BCUT2D eigenvalue weighted by molar-refractivity contribution is 0.0945. The quantitative estimate of drug-likeness (QED) is 0.711. The number of aromatic nitrogens is 2. The van der Waals surface area contributed by atoms with Crippen LogP contribution >= 0.6 is 0 Å². The second kappa shape index (κ2) is 7.95. The molecule has 1 aromatic heterocycles. The van der Waals surface area contributed by atoms with E-state index in [0.717, 1.165) is 16.8 Å². The Morgan fingerprint density at radius 1 is 1.00 bits per heavy atom. The van der Waals surface area contributed by atoms with Crippen LogP contribution in [0, 0.1) is 26.6 Å². The van der Waals surface area contributed by atoms with Gasteiger partial charge in [0.2, 0.25) is 5.95 Å². The van der Waals surface area contributed by atoms with Crippen LogP contribution < -0.4 is 10.6 Å². The molecule has 138 valence electrons. The molecule has 0 aliphatic rings. The number of hydrogen-bond donors (Lipinski definition) is 2. The summed E-state index contributed by atoms with van der Waals surface area (Å²) in [5.41, 5.74) is 4.90. The number of nitrogens with zero attached hydrogens (tertiary/aromatic N) is 2. The Balaban J connectivity index is 1.73. The topological polar surface area (TPSA) is 66.9 Å². The first-order valence-electron chi connectivity index (χ1n) is 8.63. The zero-order chi connectivity index (χ0) is 19.4. The van der Waals surface area contributed by atoms with E-state index in [1.165, 1.54) is 17.7 Å². The van der Waals surface area contributed by atoms with E-state index >= 15 is 0 Å². The number of halogens is 1. The van der Waals surface area contributed by atoms with Gasteiger partial charge in [-0.15, -0.1) is 0 Å². The fourth-order valence-electron chi connectivity index (χ4n) is 2.69. The fraction of sp³-hybridized carbons (Fsp3) is 0.190. The maximum absolute atomic E-state index is 13.0. The van der Waals surface area contributed by atoms with E-state index in [9.17, 15) is 9.18 Å². The maximum Gasteiger partial charge on any atom is 0.270 e. The lowest BCUT2D eigenvalue weighted by Crippen LogP contribution is -2.24. The summed E-state index contributed by atoms with van der Waals surface area (Å²) in [4.78, 5) is 21.1. The number of hydrogen-bond acceptors (Lipinski definition) is 4. The molecule has 0 atom stereocenters. The summed E-state index contributed by atoms with van der Waals surface area (Å²) in [6, 6.07) is 13.7. The largest absolute Gasteiger partial charge is 0.347 e. The van der Waals surface area contributed by atoms with E-state index in [4.69, 9.17) is 0 Å². The van der Waals surface area contributed by atoms with Gasteiger partial charge in [0.15, 0.2) is 0 Å². The summed E-state index contributed by atoms with van der Waals surface area (Å²) in [5, 5.41) is 5.96. The molecule has 1 amide bonds. The Morgan fingerprint density at radius 2 is 1.74 bits per heavy atom. The number of rotatable bonds is 5. The van der Waals surface area contributed by atoms with Crippen molar-refractivity contribution < 1.29 is 9.18 Å². The monoisotopic (exact) mass is 364 g/mol. The molecule has 0 saturated carbocycles. The number of nitrogens with one attached hydrogen (secondary N) is 2. The van der Waals surface area contributed by atoms with Gasteiger partial charge in [0.05, 0.1) is 0 Å². The summed E-state index contributed by atoms with van der Waals surface area (Å²) >= 11 is 0. The van der Waals surface area contributed by atoms with Gasteiger partial charge >= 0.3 is 0 Å². The molecule has 3 aromatic rings. The Hall–Kier alpha value is -3.28. The number of benzene rings is 2. The van der Waals surface area contributed by atoms with Crippen molar-refractivity contribution in [2.45, 2.75) is 27.3 Å². The van der Waals surface area contributed by atoms with Gasteiger partial charge in [-0.1, -0.05) is 29.8 Å². The first-order valence-corrected chi connectivity index (χ1v) is 8.63. The highest BCUT2D eigenvalue weighted by Gasteiger charge is 2.11. The standard InChI is InChI=1S/C21H21FN4O/c1-13-4-9-18(14(2)10-13)25-21-24-15(3)11-19(26-21)20(27)23-12-16-5-7-17(22)8-6-16/h4-11H,12H2,1-3H3,(H,23,27)(H,24,25,26). The average Bonchev–Trinajstić information content (AvgIpc) is 2.63. The van der Waals surface area contributed by atoms with Crippen LogP contribution in [0.2, 0.25) is 0 Å². The van der Waals surface area contributed by atoms with Crippen LogP contribution in [-0.4, -0.2) is 15.9 Å². The highest BCUT2D eigenvalue weighted by Crippen LogP contribution is 2.20. The fourth-order valence-corrected chi connectivity index (χ4v) is 2.69. The molecule has 0 bridgehead atoms. The van der Waals surface area contributed by atoms with Crippen LogP contribution in [0.1, 0.15) is 32.9 Å². The van der Waals surface area contributed by atoms with E-state index in [0.29, 0.717) is 18.2 Å². The van der Waals surface area contributed by atoms with Crippen LogP contribution in [-0.2, 0) is 6.54 Å². The van der Waals surface area contributed by atoms with E-state index in [2.05, 4.69) is 26.7 Å². The molecule has 5 nitrogen and oxygen atoms in total. The third-order valence-electron chi connectivity index (χ3n) is 4.08. The van der Waals surface area contributed by atoms with Crippen LogP contribution in [0.5, 0.6) is 0 Å². The van der Waals surface area contributed by atoms with Gasteiger partial charge < -0.3 is 10.6 Å². The van der Waals surface area contributed by atoms with Crippen molar-refractivity contribution in [1.82, 2.24) is 15.3 Å². The van der Waals surface area contributed by atoms with Crippen LogP contribution in [0.4, 0.5) is 16.0 Å². The molecule has 0 unspecified atom stereocenters. The first kappa shape index (κ1) is 18.5. The smallest absolute Gasteiger partial charge is 0.270 e. The normalized spacial score (nSPS) is 10.5. The molecular weight excluding hydrogens is 343 g/mol. The summed E-state index contributed by atoms with van der Waals surface area (Å²) in [7, 11) is 0. The molecule has 2 aromatic carbocycles. The Bertz CT molecular complexity index is 970. The maximum atomic E-state index is 13.0. The van der Waals surface area contributed by atoms with E-state index in [-0.39, 0.29) is 17.4 Å². The van der Waals surface area contributed by atoms with Gasteiger partial charge in [-0.3, -0.25) is 4.79 Å². The second-order valence-corrected chi connectivity index (χ2v) is 6.47. The van der Waals surface area contributed by atoms with Crippen LogP contribution in [0.15, 0.2) is 48.5 Å². The lowest BCUT2D eigenvalue weighted by atomic mass is 10.1. The third-order valence-corrected chi connectivity index (χ3v) is 4.08. The highest BCUT2D eigenvalue weighted by atomic mass is 19.1. The number of aryl methyl sites for hydroxylation is 3. The zero-order valence-electron chi connectivity index (χ0n) is 15.5. The summed E-state index contributed by atoms with van der Waals surface area (Å²) < 4.78 is 13.0. The lowest BCUT2D eigenvalue weighted by Gasteiger charge is -2.11. The molecule has 0 radical (unpaired) electrons. The summed E-state index contributed by atoms with van der Waals surface area (Å²) in [6.45, 7) is 6.14. The van der Waals surface area contributed by atoms with Crippen molar-refractivity contribution in [1.29, 1.82) is 0 Å². The van der Waals surface area contributed by atoms with Gasteiger partial charge in [-0.2, -0.15) is 0 Å². The Kier molecular flexibility index (Phi) is 5.45. The predicted octanol–water partition coefficient (Wildman–Crippen LogP) is 4.21. The van der Waals surface area contributed by atoms with Gasteiger partial charge in [0.1, 0.15) is 11.5 Å². The molecule has 0 aliphatic heterocycles. The molecule has 0 spiro atoms. The zero-order valence-corrected chi connectivity index (χ0v) is 15.5. The van der Waals surface area contributed by atoms with Gasteiger partial charge in [0, 0.05) is 17.9 Å². The molecule has 0 saturated heterocycles. The van der Waals surface area contributed by atoms with Crippen molar-refractivity contribution in [3.8, 4) is 0 Å². The van der Waals surface area contributed by atoms with E-state index < -0.39 is 0 Å². The molecule has 3 rings (SSSR count). The highest BCUT2D eigenvalue weighted by molar-refractivity contribution is 5.92. The van der Waals surface area contributed by atoms with Crippen molar-refractivity contribution in [2.75, 3.05) is 5.32 Å². The minimum absolute atomic E-state index is 0.275. The number of carbonyl (C=O) groups is 1. The number of carbonyl (C=O) groups excluding carboxylic acids is 1. The van der Waals surface area contributed by atoms with Gasteiger partial charge in [-0.25, -0.2) is 14.4 Å². The van der Waals surface area contributed by atoms with Crippen molar-refractivity contribution in [3.63, 3.8) is 0 Å². The molecule has 2 N–H and O–H groups in total. The van der Waals surface area contributed by atoms with Crippen molar-refractivity contribution >= 4 is 17.5 Å². The second-order valence-electron chi connectivity index (χ2n) is 6.47. The third kappa shape index (κ3) is 4.88. The number of anilines is 2. The molecule has 27 heavy (non-hydrogen) atoms. The van der Waals surface area contributed by atoms with E-state index in [1.54, 1.807) is 18.2 Å². The predicted molar refractivity (Wildman–Crippen MR) is 104 cm³/mol. The van der Waals surface area contributed by atoms with Crippen molar-refractivity contribution in [3.05, 3.63) is 82.4 Å². The molecule has 0 aliphatic carbocycles. The Morgan fingerprint density at radius 3 is 2.44 bits per heavy atom. The molecule has 6 heteroatoms. The summed E-state index contributed by atoms with van der Waals surface area (Å²) in [5.74, 6) is -0.249. The van der Waals surface area contributed by atoms with Crippen LogP contribution in [0.3, 0.4) is 0 Å². The molecule has 0 fully saturated rings. The average molecular weight is 364 g/mol. The minimum atomic E-state index is -0.312. The van der Waals surface area contributed by atoms with Crippen LogP contribution in [0.25, 0.3) is 0 Å². The van der Waals surface area contributed by atoms with Gasteiger partial charge in [0.25, 0.3) is 5.91 Å². The first-order chi connectivity index (χ1) is 12.9. The molecule has 1 heterocycles. The summed E-state index contributed by atoms with van der Waals surface area (Å²) in [6.07, 6.45) is 0. The van der Waals surface area contributed by atoms with Gasteiger partial charge in [-0.05, 0) is 56.2 Å². The number of amides is 1. The SMILES string of the molecule is Cc1ccc(Nc2nc(C)cc(C(=O)NCc3ccc(F)cc3)n2)c(C)c1. The molecular formula is C21H21FN4O. The van der Waals surface area contributed by atoms with E-state index in [1.807, 2.05) is 32.9 Å². The minimum Gasteiger partial charge on any atom is -0.347 e. The van der Waals surface area contributed by atoms with Crippen molar-refractivity contribution in [2.24, 2.45) is 0 Å².